The molecule has 5 heteroatoms. The van der Waals surface area contributed by atoms with E-state index in [0.29, 0.717) is 10.1 Å². The number of hydrogen-bond donors (Lipinski definition) is 0. The van der Waals surface area contributed by atoms with Crippen LogP contribution in [0.3, 0.4) is 0 Å². The molecule has 1 aliphatic heterocycles. The predicted molar refractivity (Wildman–Crippen MR) is 68.1 cm³/mol. The number of hydrogen-bond acceptors (Lipinski definition) is 3. The van der Waals surface area contributed by atoms with Gasteiger partial charge in [-0.2, -0.15) is 0 Å². The van der Waals surface area contributed by atoms with Crippen molar-refractivity contribution in [1.29, 1.82) is 0 Å². The first-order valence-electron chi connectivity index (χ1n) is 5.02. The molecule has 0 aromatic heterocycles. The first-order chi connectivity index (χ1) is 8.11. The van der Waals surface area contributed by atoms with Crippen molar-refractivity contribution in [1.82, 2.24) is 4.90 Å². The molecule has 2 rings (SSSR count). The normalized spacial score (nSPS) is 20.6. The third-order valence-electron chi connectivity index (χ3n) is 2.36. The van der Waals surface area contributed by atoms with Gasteiger partial charge in [-0.05, 0) is 35.5 Å². The largest absolute Gasteiger partial charge is 0.290 e. The van der Waals surface area contributed by atoms with E-state index >= 15 is 0 Å². The topological polar surface area (TPSA) is 32.7 Å². The minimum atomic E-state index is -0.287. The van der Waals surface area contributed by atoms with Gasteiger partial charge in [0.1, 0.15) is 5.82 Å². The molecule has 0 aliphatic carbocycles. The molecule has 1 aromatic rings. The highest BCUT2D eigenvalue weighted by Gasteiger charge is 2.29. The third kappa shape index (κ3) is 2.39. The lowest BCUT2D eigenvalue weighted by Gasteiger charge is -2.04. The summed E-state index contributed by atoms with van der Waals surface area (Å²) in [5.74, 6) is -0.370. The van der Waals surface area contributed by atoms with Crippen LogP contribution in [0.4, 0.5) is 4.39 Å². The summed E-state index contributed by atoms with van der Waals surface area (Å²) in [6.07, 6.45) is 1.74. The number of likely N-dealkylation sites (N-methyl/N-ethyl adjacent to an activating group) is 1. The van der Waals surface area contributed by atoms with Gasteiger partial charge in [-0.15, -0.1) is 0 Å². The van der Waals surface area contributed by atoms with Gasteiger partial charge in [0.15, 0.2) is 5.17 Å². The molecular weight excluding hydrogens is 239 g/mol. The van der Waals surface area contributed by atoms with E-state index in [1.807, 2.05) is 0 Å². The molecule has 1 aliphatic rings. The van der Waals surface area contributed by atoms with Crippen molar-refractivity contribution in [3.05, 3.63) is 40.6 Å². The Labute approximate surface area is 103 Å². The van der Waals surface area contributed by atoms with Crippen LogP contribution in [0.5, 0.6) is 0 Å². The molecule has 0 saturated carbocycles. The summed E-state index contributed by atoms with van der Waals surface area (Å²) in [7, 11) is 3.33. The number of carbonyl (C=O) groups is 1. The summed E-state index contributed by atoms with van der Waals surface area (Å²) in [5, 5.41) is 0.670. The number of aliphatic imine (C=N–C) groups is 1. The summed E-state index contributed by atoms with van der Waals surface area (Å²) >= 11 is 1.32. The Morgan fingerprint density at radius 2 is 2.00 bits per heavy atom. The Kier molecular flexibility index (Phi) is 3.28. The van der Waals surface area contributed by atoms with Gasteiger partial charge < -0.3 is 0 Å². The number of halogens is 1. The molecule has 3 nitrogen and oxygen atoms in total. The van der Waals surface area contributed by atoms with Gasteiger partial charge in [-0.3, -0.25) is 14.7 Å². The molecular formula is C12H11FN2OS. The smallest absolute Gasteiger partial charge is 0.266 e. The lowest BCUT2D eigenvalue weighted by Crippen LogP contribution is -2.23. The predicted octanol–water partition coefficient (Wildman–Crippen LogP) is 2.36. The van der Waals surface area contributed by atoms with Crippen LogP contribution in [-0.2, 0) is 4.79 Å². The molecule has 0 atom stereocenters. The number of benzene rings is 1. The number of carbonyl (C=O) groups excluding carboxylic acids is 1. The second-order valence-electron chi connectivity index (χ2n) is 3.53. The van der Waals surface area contributed by atoms with E-state index in [9.17, 15) is 9.18 Å². The Hall–Kier alpha value is -1.62. The molecule has 1 heterocycles. The van der Waals surface area contributed by atoms with Gasteiger partial charge in [-0.1, -0.05) is 12.1 Å². The van der Waals surface area contributed by atoms with Crippen molar-refractivity contribution in [2.75, 3.05) is 14.1 Å². The molecule has 1 aromatic carbocycles. The van der Waals surface area contributed by atoms with Crippen LogP contribution in [0.1, 0.15) is 5.56 Å². The van der Waals surface area contributed by atoms with E-state index in [2.05, 4.69) is 4.99 Å². The highest BCUT2D eigenvalue weighted by Crippen LogP contribution is 2.31. The molecule has 1 amide bonds. The van der Waals surface area contributed by atoms with Gasteiger partial charge in [0.2, 0.25) is 0 Å². The summed E-state index contributed by atoms with van der Waals surface area (Å²) in [5.41, 5.74) is 0.799. The maximum absolute atomic E-state index is 12.7. The van der Waals surface area contributed by atoms with Crippen molar-refractivity contribution >= 4 is 28.9 Å². The number of nitrogens with zero attached hydrogens (tertiary/aromatic N) is 2. The molecule has 0 N–H and O–H groups in total. The summed E-state index contributed by atoms with van der Waals surface area (Å²) < 4.78 is 12.7. The van der Waals surface area contributed by atoms with E-state index in [4.69, 9.17) is 0 Å². The van der Waals surface area contributed by atoms with Gasteiger partial charge in [0.05, 0.1) is 4.91 Å². The molecule has 17 heavy (non-hydrogen) atoms. The van der Waals surface area contributed by atoms with Crippen LogP contribution < -0.4 is 0 Å². The van der Waals surface area contributed by atoms with Crippen LogP contribution in [0.25, 0.3) is 6.08 Å². The first kappa shape index (κ1) is 11.9. The van der Waals surface area contributed by atoms with Gasteiger partial charge >= 0.3 is 0 Å². The minimum absolute atomic E-state index is 0.0834. The zero-order chi connectivity index (χ0) is 12.4. The van der Waals surface area contributed by atoms with Crippen molar-refractivity contribution < 1.29 is 9.18 Å². The second-order valence-corrected chi connectivity index (χ2v) is 4.54. The van der Waals surface area contributed by atoms with Crippen molar-refractivity contribution in [2.45, 2.75) is 0 Å². The molecule has 1 fully saturated rings. The molecule has 0 radical (unpaired) electrons. The Morgan fingerprint density at radius 3 is 2.53 bits per heavy atom. The van der Waals surface area contributed by atoms with Crippen LogP contribution in [0.2, 0.25) is 0 Å². The maximum Gasteiger partial charge on any atom is 0.266 e. The highest BCUT2D eigenvalue weighted by molar-refractivity contribution is 8.18. The molecule has 0 bridgehead atoms. The average Bonchev–Trinajstić information content (AvgIpc) is 2.60. The molecule has 0 unspecified atom stereocenters. The molecule has 88 valence electrons. The SMILES string of the molecule is CN=C1S/C(=C/c2ccc(F)cc2)C(=O)N1C. The first-order valence-corrected chi connectivity index (χ1v) is 5.83. The van der Waals surface area contributed by atoms with Gasteiger partial charge in [0.25, 0.3) is 5.91 Å². The fourth-order valence-corrected chi connectivity index (χ4v) is 2.39. The number of amidine groups is 1. The van der Waals surface area contributed by atoms with Gasteiger partial charge in [0, 0.05) is 14.1 Å². The average molecular weight is 250 g/mol. The van der Waals surface area contributed by atoms with Crippen LogP contribution in [0.15, 0.2) is 34.2 Å². The van der Waals surface area contributed by atoms with Crippen molar-refractivity contribution in [2.24, 2.45) is 4.99 Å². The van der Waals surface area contributed by atoms with E-state index in [1.165, 1.54) is 28.8 Å². The lowest BCUT2D eigenvalue weighted by molar-refractivity contribution is -0.121. The zero-order valence-corrected chi connectivity index (χ0v) is 10.3. The molecule has 1 saturated heterocycles. The standard InChI is InChI=1S/C12H11FN2OS/c1-14-12-15(2)11(16)10(17-12)7-8-3-5-9(13)6-4-8/h3-7H,1-2H3/b10-7+,14-12?. The monoisotopic (exact) mass is 250 g/mol. The number of rotatable bonds is 1. The van der Waals surface area contributed by atoms with E-state index < -0.39 is 0 Å². The van der Waals surface area contributed by atoms with E-state index in [0.717, 1.165) is 5.56 Å². The quantitative estimate of drug-likeness (QED) is 0.717. The third-order valence-corrected chi connectivity index (χ3v) is 3.51. The lowest BCUT2D eigenvalue weighted by atomic mass is 10.2. The summed E-state index contributed by atoms with van der Waals surface area (Å²) in [6.45, 7) is 0. The van der Waals surface area contributed by atoms with E-state index in [1.54, 1.807) is 32.3 Å². The van der Waals surface area contributed by atoms with Crippen LogP contribution in [0, 0.1) is 5.82 Å². The Bertz CT molecular complexity index is 508. The van der Waals surface area contributed by atoms with Crippen LogP contribution >= 0.6 is 11.8 Å². The van der Waals surface area contributed by atoms with Gasteiger partial charge in [-0.25, -0.2) is 4.39 Å². The van der Waals surface area contributed by atoms with Crippen molar-refractivity contribution in [3.63, 3.8) is 0 Å². The second kappa shape index (κ2) is 4.71. The zero-order valence-electron chi connectivity index (χ0n) is 9.48. The van der Waals surface area contributed by atoms with Crippen LogP contribution in [-0.4, -0.2) is 30.1 Å². The highest BCUT2D eigenvalue weighted by atomic mass is 32.2. The fraction of sp³-hybridized carbons (Fsp3) is 0.167. The fourth-order valence-electron chi connectivity index (χ4n) is 1.46. The Balaban J connectivity index is 2.30. The van der Waals surface area contributed by atoms with E-state index in [-0.39, 0.29) is 11.7 Å². The number of amides is 1. The summed E-state index contributed by atoms with van der Waals surface area (Å²) in [4.78, 5) is 17.9. The minimum Gasteiger partial charge on any atom is -0.290 e. The Morgan fingerprint density at radius 1 is 1.35 bits per heavy atom. The maximum atomic E-state index is 12.7. The number of thioether (sulfide) groups is 1. The summed E-state index contributed by atoms with van der Waals surface area (Å²) in [6, 6.07) is 6.01. The van der Waals surface area contributed by atoms with Crippen molar-refractivity contribution in [3.8, 4) is 0 Å². The molecule has 0 spiro atoms.